The number of nitrogens with zero attached hydrogens (tertiary/aromatic N) is 2. The monoisotopic (exact) mass is 392 g/mol. The molecule has 0 radical (unpaired) electrons. The van der Waals surface area contributed by atoms with Gasteiger partial charge in [0.15, 0.2) is 11.5 Å². The third-order valence-corrected chi connectivity index (χ3v) is 4.15. The summed E-state index contributed by atoms with van der Waals surface area (Å²) >= 11 is 0. The fourth-order valence-corrected chi connectivity index (χ4v) is 2.91. The van der Waals surface area contributed by atoms with E-state index >= 15 is 0 Å². The summed E-state index contributed by atoms with van der Waals surface area (Å²) in [6.45, 7) is 4.33. The van der Waals surface area contributed by atoms with Crippen molar-refractivity contribution >= 4 is 23.1 Å². The fourth-order valence-electron chi connectivity index (χ4n) is 2.91. The van der Waals surface area contributed by atoms with E-state index in [0.717, 1.165) is 5.69 Å². The van der Waals surface area contributed by atoms with Crippen molar-refractivity contribution in [2.45, 2.75) is 13.8 Å². The van der Waals surface area contributed by atoms with Gasteiger partial charge in [-0.3, -0.25) is 4.79 Å². The van der Waals surface area contributed by atoms with Gasteiger partial charge in [0.25, 0.3) is 5.91 Å². The largest absolute Gasteiger partial charge is 0.492 e. The first-order chi connectivity index (χ1) is 14.1. The van der Waals surface area contributed by atoms with Crippen LogP contribution in [0.25, 0.3) is 0 Å². The lowest BCUT2D eigenvalue weighted by atomic mass is 10.2. The molecule has 1 aliphatic heterocycles. The van der Waals surface area contributed by atoms with Crippen LogP contribution in [0.3, 0.4) is 0 Å². The molecule has 4 rings (SSSR count). The number of para-hydroxylation sites is 2. The van der Waals surface area contributed by atoms with Crippen LogP contribution in [0.1, 0.15) is 23.2 Å². The smallest absolute Gasteiger partial charge is 0.274 e. The highest BCUT2D eigenvalue weighted by molar-refractivity contribution is 6.04. The van der Waals surface area contributed by atoms with E-state index in [1.165, 1.54) is 0 Å². The van der Waals surface area contributed by atoms with Gasteiger partial charge in [-0.25, -0.2) is 9.97 Å². The van der Waals surface area contributed by atoms with E-state index in [2.05, 4.69) is 20.6 Å². The number of carbonyl (C=O) groups excluding carboxylic acids is 1. The normalized spacial score (nSPS) is 11.8. The summed E-state index contributed by atoms with van der Waals surface area (Å²) in [6, 6.07) is 14.3. The second-order valence-corrected chi connectivity index (χ2v) is 6.26. The van der Waals surface area contributed by atoms with Gasteiger partial charge in [0.1, 0.15) is 23.1 Å². The van der Waals surface area contributed by atoms with Crippen molar-refractivity contribution < 1.29 is 19.0 Å². The fraction of sp³-hybridized carbons (Fsp3) is 0.190. The molecule has 0 bridgehead atoms. The van der Waals surface area contributed by atoms with E-state index in [0.29, 0.717) is 41.2 Å². The van der Waals surface area contributed by atoms with E-state index in [-0.39, 0.29) is 18.4 Å². The van der Waals surface area contributed by atoms with E-state index < -0.39 is 0 Å². The van der Waals surface area contributed by atoms with E-state index in [1.807, 2.05) is 37.3 Å². The van der Waals surface area contributed by atoms with Crippen molar-refractivity contribution in [3.63, 3.8) is 0 Å². The van der Waals surface area contributed by atoms with Gasteiger partial charge in [0.2, 0.25) is 6.79 Å². The molecule has 0 saturated carbocycles. The first-order valence-corrected chi connectivity index (χ1v) is 9.18. The van der Waals surface area contributed by atoms with Crippen LogP contribution in [0.2, 0.25) is 0 Å². The molecular formula is C21H20N4O4. The minimum absolute atomic E-state index is 0.207. The molecule has 2 heterocycles. The number of hydrogen-bond donors (Lipinski definition) is 2. The van der Waals surface area contributed by atoms with Crippen LogP contribution in [0.5, 0.6) is 17.2 Å². The molecule has 0 spiro atoms. The number of ether oxygens (including phenoxy) is 3. The van der Waals surface area contributed by atoms with Crippen molar-refractivity contribution in [1.82, 2.24) is 9.97 Å². The molecule has 0 aliphatic carbocycles. The summed E-state index contributed by atoms with van der Waals surface area (Å²) < 4.78 is 16.3. The Morgan fingerprint density at radius 2 is 1.93 bits per heavy atom. The summed E-state index contributed by atoms with van der Waals surface area (Å²) in [5, 5.41) is 6.02. The standard InChI is InChI=1S/C21H20N4O4/c1-3-27-17-7-5-4-6-15(17)25-21(26)16-11-20(23-13(2)22-16)24-14-8-9-18-19(10-14)29-12-28-18/h4-11H,3,12H2,1-2H3,(H,25,26)(H,22,23,24). The van der Waals surface area contributed by atoms with Crippen molar-refractivity contribution in [3.05, 3.63) is 60.0 Å². The zero-order valence-corrected chi connectivity index (χ0v) is 16.1. The lowest BCUT2D eigenvalue weighted by Gasteiger charge is -2.12. The molecule has 2 N–H and O–H groups in total. The highest BCUT2D eigenvalue weighted by atomic mass is 16.7. The molecule has 3 aromatic rings. The minimum Gasteiger partial charge on any atom is -0.492 e. The van der Waals surface area contributed by atoms with Crippen LogP contribution in [0, 0.1) is 6.92 Å². The molecule has 2 aromatic carbocycles. The Kier molecular flexibility index (Phi) is 5.15. The number of rotatable bonds is 6. The predicted molar refractivity (Wildman–Crippen MR) is 108 cm³/mol. The molecule has 8 heteroatoms. The van der Waals surface area contributed by atoms with Crippen molar-refractivity contribution in [1.29, 1.82) is 0 Å². The average molecular weight is 392 g/mol. The summed E-state index contributed by atoms with van der Waals surface area (Å²) in [7, 11) is 0. The van der Waals surface area contributed by atoms with Crippen LogP contribution in [-0.2, 0) is 0 Å². The Morgan fingerprint density at radius 1 is 1.10 bits per heavy atom. The summed E-state index contributed by atoms with van der Waals surface area (Å²) in [4.78, 5) is 21.4. The van der Waals surface area contributed by atoms with Crippen LogP contribution in [-0.4, -0.2) is 29.3 Å². The van der Waals surface area contributed by atoms with Gasteiger partial charge >= 0.3 is 0 Å². The van der Waals surface area contributed by atoms with Crippen molar-refractivity contribution in [2.75, 3.05) is 24.0 Å². The molecule has 8 nitrogen and oxygen atoms in total. The van der Waals surface area contributed by atoms with E-state index in [1.54, 1.807) is 25.1 Å². The van der Waals surface area contributed by atoms with Crippen molar-refractivity contribution in [3.8, 4) is 17.2 Å². The molecule has 0 unspecified atom stereocenters. The number of nitrogens with one attached hydrogen (secondary N) is 2. The van der Waals surface area contributed by atoms with Crippen LogP contribution < -0.4 is 24.8 Å². The van der Waals surface area contributed by atoms with E-state index in [9.17, 15) is 4.79 Å². The zero-order chi connectivity index (χ0) is 20.2. The molecule has 1 amide bonds. The highest BCUT2D eigenvalue weighted by Crippen LogP contribution is 2.35. The van der Waals surface area contributed by atoms with Gasteiger partial charge in [-0.1, -0.05) is 12.1 Å². The van der Waals surface area contributed by atoms with Crippen LogP contribution in [0.15, 0.2) is 48.5 Å². The maximum atomic E-state index is 12.8. The molecular weight excluding hydrogens is 372 g/mol. The van der Waals surface area contributed by atoms with Gasteiger partial charge in [-0.05, 0) is 38.1 Å². The molecule has 148 valence electrons. The maximum absolute atomic E-state index is 12.8. The molecule has 1 aliphatic rings. The number of benzene rings is 2. The Labute approximate surface area is 167 Å². The van der Waals surface area contributed by atoms with Crippen LogP contribution in [0.4, 0.5) is 17.2 Å². The quantitative estimate of drug-likeness (QED) is 0.657. The summed E-state index contributed by atoms with van der Waals surface area (Å²) in [5.41, 5.74) is 1.59. The highest BCUT2D eigenvalue weighted by Gasteiger charge is 2.16. The SMILES string of the molecule is CCOc1ccccc1NC(=O)c1cc(Nc2ccc3c(c2)OCO3)nc(C)n1. The second kappa shape index (κ2) is 8.05. The topological polar surface area (TPSA) is 94.6 Å². The maximum Gasteiger partial charge on any atom is 0.274 e. The van der Waals surface area contributed by atoms with Crippen LogP contribution >= 0.6 is 0 Å². The lowest BCUT2D eigenvalue weighted by Crippen LogP contribution is -2.16. The Hall–Kier alpha value is -3.81. The summed E-state index contributed by atoms with van der Waals surface area (Å²) in [6.07, 6.45) is 0. The van der Waals surface area contributed by atoms with Gasteiger partial charge in [0.05, 0.1) is 12.3 Å². The minimum atomic E-state index is -0.351. The number of carbonyl (C=O) groups is 1. The number of amides is 1. The number of aryl methyl sites for hydroxylation is 1. The number of fused-ring (bicyclic) bond motifs is 1. The predicted octanol–water partition coefficient (Wildman–Crippen LogP) is 3.91. The second-order valence-electron chi connectivity index (χ2n) is 6.26. The molecule has 0 atom stereocenters. The van der Waals surface area contributed by atoms with Crippen molar-refractivity contribution in [2.24, 2.45) is 0 Å². The Balaban J connectivity index is 1.54. The number of hydrogen-bond acceptors (Lipinski definition) is 7. The van der Waals surface area contributed by atoms with Gasteiger partial charge in [-0.15, -0.1) is 0 Å². The molecule has 29 heavy (non-hydrogen) atoms. The molecule has 0 saturated heterocycles. The van der Waals surface area contributed by atoms with Gasteiger partial charge < -0.3 is 24.8 Å². The third kappa shape index (κ3) is 4.21. The first kappa shape index (κ1) is 18.5. The summed E-state index contributed by atoms with van der Waals surface area (Å²) in [5.74, 6) is 2.58. The average Bonchev–Trinajstić information content (AvgIpc) is 3.17. The number of anilines is 3. The Bertz CT molecular complexity index is 1050. The Morgan fingerprint density at radius 3 is 2.79 bits per heavy atom. The lowest BCUT2D eigenvalue weighted by molar-refractivity contribution is 0.102. The number of aromatic nitrogens is 2. The van der Waals surface area contributed by atoms with Gasteiger partial charge in [0, 0.05) is 17.8 Å². The third-order valence-electron chi connectivity index (χ3n) is 4.15. The van der Waals surface area contributed by atoms with Gasteiger partial charge in [-0.2, -0.15) is 0 Å². The van der Waals surface area contributed by atoms with E-state index in [4.69, 9.17) is 14.2 Å². The first-order valence-electron chi connectivity index (χ1n) is 9.18. The zero-order valence-electron chi connectivity index (χ0n) is 16.1. The molecule has 1 aromatic heterocycles. The molecule has 0 fully saturated rings.